The van der Waals surface area contributed by atoms with Gasteiger partial charge in [0.05, 0.1) is 19.4 Å². The number of benzene rings is 1. The number of aromatic nitrogens is 3. The fourth-order valence-corrected chi connectivity index (χ4v) is 1.61. The zero-order valence-electron chi connectivity index (χ0n) is 10.5. The van der Waals surface area contributed by atoms with Crippen molar-refractivity contribution < 1.29 is 18.7 Å². The molecule has 0 aliphatic rings. The van der Waals surface area contributed by atoms with Gasteiger partial charge in [-0.15, -0.1) is 5.10 Å². The van der Waals surface area contributed by atoms with Crippen LogP contribution in [0.2, 0.25) is 0 Å². The maximum atomic E-state index is 12.9. The fraction of sp³-hybridized carbons (Fsp3) is 0.250. The molecule has 0 bridgehead atoms. The molecule has 6 nitrogen and oxygen atoms in total. The molecule has 1 aromatic carbocycles. The number of esters is 1. The first-order chi connectivity index (χ1) is 9.17. The van der Waals surface area contributed by atoms with Gasteiger partial charge in [-0.25, -0.2) is 13.9 Å². The number of carbonyl (C=O) groups excluding carboxylic acids is 1. The summed E-state index contributed by atoms with van der Waals surface area (Å²) in [6, 6.07) is 5.66. The summed E-state index contributed by atoms with van der Waals surface area (Å²) in [4.78, 5) is 11.6. The molecule has 0 atom stereocenters. The summed E-state index contributed by atoms with van der Waals surface area (Å²) >= 11 is 0. The Morgan fingerprint density at radius 2 is 2.00 bits per heavy atom. The van der Waals surface area contributed by atoms with Gasteiger partial charge in [0.15, 0.2) is 5.69 Å². The minimum absolute atomic E-state index is 0.0775. The van der Waals surface area contributed by atoms with Crippen LogP contribution in [0.25, 0.3) is 5.69 Å². The monoisotopic (exact) mass is 265 g/mol. The van der Waals surface area contributed by atoms with Crippen LogP contribution in [0.3, 0.4) is 0 Å². The van der Waals surface area contributed by atoms with E-state index in [9.17, 15) is 9.18 Å². The van der Waals surface area contributed by atoms with Gasteiger partial charge in [-0.05, 0) is 24.3 Å². The van der Waals surface area contributed by atoms with E-state index in [0.717, 1.165) is 0 Å². The van der Waals surface area contributed by atoms with E-state index in [1.165, 1.54) is 43.2 Å². The Morgan fingerprint density at radius 1 is 1.32 bits per heavy atom. The van der Waals surface area contributed by atoms with Gasteiger partial charge in [0.25, 0.3) is 0 Å². The number of rotatable bonds is 4. The fourth-order valence-electron chi connectivity index (χ4n) is 1.61. The van der Waals surface area contributed by atoms with Gasteiger partial charge in [-0.1, -0.05) is 5.21 Å². The Kier molecular flexibility index (Phi) is 3.86. The molecule has 19 heavy (non-hydrogen) atoms. The Balaban J connectivity index is 2.48. The Bertz CT molecular complexity index is 580. The highest BCUT2D eigenvalue weighted by Gasteiger charge is 2.20. The number of halogens is 1. The van der Waals surface area contributed by atoms with Gasteiger partial charge in [-0.2, -0.15) is 0 Å². The summed E-state index contributed by atoms with van der Waals surface area (Å²) in [6.45, 7) is 0.134. The van der Waals surface area contributed by atoms with Crippen LogP contribution in [0, 0.1) is 5.82 Å². The average molecular weight is 265 g/mol. The van der Waals surface area contributed by atoms with E-state index in [2.05, 4.69) is 15.0 Å². The quantitative estimate of drug-likeness (QED) is 0.780. The molecule has 2 rings (SSSR count). The van der Waals surface area contributed by atoms with Crippen LogP contribution in [-0.4, -0.2) is 35.2 Å². The molecular weight excluding hydrogens is 253 g/mol. The number of hydrogen-bond donors (Lipinski definition) is 0. The molecule has 0 N–H and O–H groups in total. The topological polar surface area (TPSA) is 66.2 Å². The lowest BCUT2D eigenvalue weighted by molar-refractivity contribution is 0.0588. The SMILES string of the molecule is COCc1c(C(=O)OC)nnn1-c1ccc(F)cc1. The van der Waals surface area contributed by atoms with E-state index >= 15 is 0 Å². The lowest BCUT2D eigenvalue weighted by Gasteiger charge is -2.06. The molecule has 0 fully saturated rings. The van der Waals surface area contributed by atoms with E-state index < -0.39 is 5.97 Å². The van der Waals surface area contributed by atoms with Gasteiger partial charge in [0.1, 0.15) is 11.5 Å². The highest BCUT2D eigenvalue weighted by atomic mass is 19.1. The first kappa shape index (κ1) is 13.2. The third-order valence-electron chi connectivity index (χ3n) is 2.49. The number of nitrogens with zero attached hydrogens (tertiary/aromatic N) is 3. The van der Waals surface area contributed by atoms with Crippen LogP contribution >= 0.6 is 0 Å². The van der Waals surface area contributed by atoms with Crippen LogP contribution < -0.4 is 0 Å². The smallest absolute Gasteiger partial charge is 0.360 e. The van der Waals surface area contributed by atoms with Crippen LogP contribution in [-0.2, 0) is 16.1 Å². The number of ether oxygens (including phenoxy) is 2. The van der Waals surface area contributed by atoms with Crippen LogP contribution in [0.5, 0.6) is 0 Å². The van der Waals surface area contributed by atoms with Crippen molar-refractivity contribution in [3.63, 3.8) is 0 Å². The highest BCUT2D eigenvalue weighted by Crippen LogP contribution is 2.15. The number of carbonyl (C=O) groups is 1. The molecule has 0 amide bonds. The van der Waals surface area contributed by atoms with Crippen molar-refractivity contribution in [2.75, 3.05) is 14.2 Å². The van der Waals surface area contributed by atoms with Gasteiger partial charge in [-0.3, -0.25) is 0 Å². The predicted molar refractivity (Wildman–Crippen MR) is 63.4 cm³/mol. The first-order valence-corrected chi connectivity index (χ1v) is 5.45. The van der Waals surface area contributed by atoms with Crippen LogP contribution in [0.4, 0.5) is 4.39 Å². The second kappa shape index (κ2) is 5.57. The highest BCUT2D eigenvalue weighted by molar-refractivity contribution is 5.88. The minimum Gasteiger partial charge on any atom is -0.464 e. The molecule has 0 radical (unpaired) electrons. The molecule has 1 heterocycles. The van der Waals surface area contributed by atoms with Crippen LogP contribution in [0.1, 0.15) is 16.2 Å². The standard InChI is InChI=1S/C12H12FN3O3/c1-18-7-10-11(12(17)19-2)14-15-16(10)9-5-3-8(13)4-6-9/h3-6H,7H2,1-2H3. The van der Waals surface area contributed by atoms with Gasteiger partial charge in [0, 0.05) is 7.11 Å². The molecule has 0 saturated carbocycles. The van der Waals surface area contributed by atoms with Crippen molar-refractivity contribution in [1.82, 2.24) is 15.0 Å². The molecule has 0 aliphatic carbocycles. The van der Waals surface area contributed by atoms with Gasteiger partial charge in [0.2, 0.25) is 0 Å². The maximum absolute atomic E-state index is 12.9. The lowest BCUT2D eigenvalue weighted by Crippen LogP contribution is -2.09. The van der Waals surface area contributed by atoms with E-state index in [-0.39, 0.29) is 18.1 Å². The van der Waals surface area contributed by atoms with Gasteiger partial charge < -0.3 is 9.47 Å². The summed E-state index contributed by atoms with van der Waals surface area (Å²) in [5.41, 5.74) is 1.10. The predicted octanol–water partition coefficient (Wildman–Crippen LogP) is 1.34. The second-order valence-corrected chi connectivity index (χ2v) is 3.70. The summed E-state index contributed by atoms with van der Waals surface area (Å²) in [6.07, 6.45) is 0. The third-order valence-corrected chi connectivity index (χ3v) is 2.49. The summed E-state index contributed by atoms with van der Waals surface area (Å²) in [7, 11) is 2.75. The van der Waals surface area contributed by atoms with Gasteiger partial charge >= 0.3 is 5.97 Å². The zero-order valence-corrected chi connectivity index (χ0v) is 10.5. The van der Waals surface area contributed by atoms with Crippen molar-refractivity contribution in [2.45, 2.75) is 6.61 Å². The molecule has 0 aliphatic heterocycles. The van der Waals surface area contributed by atoms with Crippen molar-refractivity contribution in [3.8, 4) is 5.69 Å². The Hall–Kier alpha value is -2.28. The Labute approximate surface area is 108 Å². The average Bonchev–Trinajstić information content (AvgIpc) is 2.83. The van der Waals surface area contributed by atoms with Crippen molar-refractivity contribution in [3.05, 3.63) is 41.5 Å². The summed E-state index contributed by atoms with van der Waals surface area (Å²) in [5, 5.41) is 7.64. The second-order valence-electron chi connectivity index (χ2n) is 3.70. The molecule has 100 valence electrons. The molecule has 7 heteroatoms. The minimum atomic E-state index is -0.597. The van der Waals surface area contributed by atoms with Crippen molar-refractivity contribution >= 4 is 5.97 Å². The molecule has 1 aromatic heterocycles. The zero-order chi connectivity index (χ0) is 13.8. The Morgan fingerprint density at radius 3 is 2.58 bits per heavy atom. The van der Waals surface area contributed by atoms with E-state index in [0.29, 0.717) is 11.4 Å². The third kappa shape index (κ3) is 2.60. The number of hydrogen-bond acceptors (Lipinski definition) is 5. The van der Waals surface area contributed by atoms with Crippen molar-refractivity contribution in [2.24, 2.45) is 0 Å². The van der Waals surface area contributed by atoms with Crippen molar-refractivity contribution in [1.29, 1.82) is 0 Å². The maximum Gasteiger partial charge on any atom is 0.360 e. The normalized spacial score (nSPS) is 10.5. The molecule has 2 aromatic rings. The van der Waals surface area contributed by atoms with E-state index in [1.54, 1.807) is 0 Å². The molecule has 0 spiro atoms. The molecular formula is C12H12FN3O3. The molecule has 0 unspecified atom stereocenters. The summed E-state index contributed by atoms with van der Waals surface area (Å²) < 4.78 is 24.0. The largest absolute Gasteiger partial charge is 0.464 e. The van der Waals surface area contributed by atoms with Crippen LogP contribution in [0.15, 0.2) is 24.3 Å². The summed E-state index contributed by atoms with van der Waals surface area (Å²) in [5.74, 6) is -0.953. The van der Waals surface area contributed by atoms with E-state index in [1.807, 2.05) is 0 Å². The number of methoxy groups -OCH3 is 2. The molecule has 0 saturated heterocycles. The first-order valence-electron chi connectivity index (χ1n) is 5.45. The van der Waals surface area contributed by atoms with E-state index in [4.69, 9.17) is 4.74 Å². The lowest BCUT2D eigenvalue weighted by atomic mass is 10.3.